The first-order chi connectivity index (χ1) is 9.24. The van der Waals surface area contributed by atoms with Crippen LogP contribution in [0.5, 0.6) is 5.75 Å². The molecule has 0 aliphatic carbocycles. The van der Waals surface area contributed by atoms with Crippen molar-refractivity contribution in [3.63, 3.8) is 0 Å². The predicted molar refractivity (Wildman–Crippen MR) is 79.1 cm³/mol. The largest absolute Gasteiger partial charge is 0.493 e. The Morgan fingerprint density at radius 1 is 1.53 bits per heavy atom. The van der Waals surface area contributed by atoms with E-state index >= 15 is 0 Å². The summed E-state index contributed by atoms with van der Waals surface area (Å²) in [5, 5.41) is 3.57. The van der Waals surface area contributed by atoms with Gasteiger partial charge in [0.05, 0.1) is 19.0 Å². The van der Waals surface area contributed by atoms with Crippen LogP contribution in [0.4, 0.5) is 5.69 Å². The lowest BCUT2D eigenvalue weighted by molar-refractivity contribution is 0.411. The number of pyridine rings is 1. The number of aryl methyl sites for hydroxylation is 1. The van der Waals surface area contributed by atoms with E-state index in [0.29, 0.717) is 6.04 Å². The minimum Gasteiger partial charge on any atom is -0.493 e. The van der Waals surface area contributed by atoms with Crippen molar-refractivity contribution in [2.45, 2.75) is 39.2 Å². The smallest absolute Gasteiger partial charge is 0.160 e. The fraction of sp³-hybridized carbons (Fsp3) is 0.667. The summed E-state index contributed by atoms with van der Waals surface area (Å²) in [5.41, 5.74) is 2.21. The number of nitrogens with one attached hydrogen (secondary N) is 1. The second kappa shape index (κ2) is 6.75. The Balaban J connectivity index is 2.18. The summed E-state index contributed by atoms with van der Waals surface area (Å²) in [4.78, 5) is 6.74. The molecule has 4 heteroatoms. The van der Waals surface area contributed by atoms with Crippen molar-refractivity contribution >= 4 is 5.69 Å². The predicted octanol–water partition coefficient (Wildman–Crippen LogP) is 2.37. The molecule has 2 rings (SSSR count). The van der Waals surface area contributed by atoms with Crippen molar-refractivity contribution in [1.82, 2.24) is 10.3 Å². The van der Waals surface area contributed by atoms with Crippen molar-refractivity contribution in [2.75, 3.05) is 31.6 Å². The van der Waals surface area contributed by atoms with Crippen LogP contribution in [0.25, 0.3) is 0 Å². The molecule has 1 N–H and O–H groups in total. The van der Waals surface area contributed by atoms with Gasteiger partial charge in [0.25, 0.3) is 0 Å². The zero-order valence-corrected chi connectivity index (χ0v) is 12.3. The molecule has 1 aliphatic heterocycles. The molecule has 106 valence electrons. The molecule has 0 amide bonds. The standard InChI is InChI=1S/C15H25N3O/c1-4-8-18(11-13-6-5-7-16-13)14-9-12(2)17-10-15(14)19-3/h9-10,13,16H,4-8,11H2,1-3H3. The van der Waals surface area contributed by atoms with E-state index in [4.69, 9.17) is 4.74 Å². The highest BCUT2D eigenvalue weighted by Crippen LogP contribution is 2.28. The average molecular weight is 263 g/mol. The van der Waals surface area contributed by atoms with E-state index in [1.807, 2.05) is 13.1 Å². The van der Waals surface area contributed by atoms with Crippen LogP contribution in [0.3, 0.4) is 0 Å². The lowest BCUT2D eigenvalue weighted by Crippen LogP contribution is -2.38. The molecule has 1 atom stereocenters. The molecule has 0 bridgehead atoms. The van der Waals surface area contributed by atoms with Crippen LogP contribution >= 0.6 is 0 Å². The molecule has 1 aromatic heterocycles. The third kappa shape index (κ3) is 3.60. The fourth-order valence-corrected chi connectivity index (χ4v) is 2.70. The van der Waals surface area contributed by atoms with Crippen molar-refractivity contribution < 1.29 is 4.74 Å². The van der Waals surface area contributed by atoms with Gasteiger partial charge in [0.1, 0.15) is 0 Å². The third-order valence-electron chi connectivity index (χ3n) is 3.64. The van der Waals surface area contributed by atoms with Crippen LogP contribution in [0.2, 0.25) is 0 Å². The third-order valence-corrected chi connectivity index (χ3v) is 3.64. The quantitative estimate of drug-likeness (QED) is 0.855. The SMILES string of the molecule is CCCN(CC1CCCN1)c1cc(C)ncc1OC. The molecule has 19 heavy (non-hydrogen) atoms. The van der Waals surface area contributed by atoms with Crippen molar-refractivity contribution in [2.24, 2.45) is 0 Å². The maximum atomic E-state index is 5.47. The van der Waals surface area contributed by atoms with Gasteiger partial charge in [-0.1, -0.05) is 6.92 Å². The zero-order chi connectivity index (χ0) is 13.7. The summed E-state index contributed by atoms with van der Waals surface area (Å²) in [6.07, 6.45) is 5.52. The van der Waals surface area contributed by atoms with E-state index in [9.17, 15) is 0 Å². The van der Waals surface area contributed by atoms with Gasteiger partial charge in [-0.3, -0.25) is 4.98 Å². The number of nitrogens with zero attached hydrogens (tertiary/aromatic N) is 2. The van der Waals surface area contributed by atoms with E-state index in [2.05, 4.69) is 28.2 Å². The van der Waals surface area contributed by atoms with Crippen LogP contribution in [-0.2, 0) is 0 Å². The van der Waals surface area contributed by atoms with Crippen molar-refractivity contribution in [3.05, 3.63) is 18.0 Å². The van der Waals surface area contributed by atoms with Gasteiger partial charge in [-0.25, -0.2) is 0 Å². The number of ether oxygens (including phenoxy) is 1. The summed E-state index contributed by atoms with van der Waals surface area (Å²) in [7, 11) is 1.72. The highest BCUT2D eigenvalue weighted by molar-refractivity contribution is 5.58. The van der Waals surface area contributed by atoms with Gasteiger partial charge in [-0.15, -0.1) is 0 Å². The monoisotopic (exact) mass is 263 g/mol. The Hall–Kier alpha value is -1.29. The molecule has 1 saturated heterocycles. The van der Waals surface area contributed by atoms with Crippen LogP contribution in [-0.4, -0.2) is 37.8 Å². The minimum atomic E-state index is 0.602. The zero-order valence-electron chi connectivity index (χ0n) is 12.3. The van der Waals surface area contributed by atoms with Gasteiger partial charge in [-0.2, -0.15) is 0 Å². The van der Waals surface area contributed by atoms with Crippen molar-refractivity contribution in [1.29, 1.82) is 0 Å². The van der Waals surface area contributed by atoms with Crippen molar-refractivity contribution in [3.8, 4) is 5.75 Å². The molecule has 0 spiro atoms. The minimum absolute atomic E-state index is 0.602. The summed E-state index contributed by atoms with van der Waals surface area (Å²) in [6.45, 7) is 7.50. The van der Waals surface area contributed by atoms with Gasteiger partial charge < -0.3 is 15.0 Å². The maximum Gasteiger partial charge on any atom is 0.160 e. The molecule has 4 nitrogen and oxygen atoms in total. The van der Waals surface area contributed by atoms with Gasteiger partial charge in [0.15, 0.2) is 5.75 Å². The number of hydrogen-bond donors (Lipinski definition) is 1. The maximum absolute atomic E-state index is 5.47. The number of methoxy groups -OCH3 is 1. The Labute approximate surface area is 116 Å². The highest BCUT2D eigenvalue weighted by Gasteiger charge is 2.20. The summed E-state index contributed by atoms with van der Waals surface area (Å²) in [6, 6.07) is 2.73. The summed E-state index contributed by atoms with van der Waals surface area (Å²) in [5.74, 6) is 0.872. The van der Waals surface area contributed by atoms with E-state index < -0.39 is 0 Å². The van der Waals surface area contributed by atoms with Crippen LogP contribution < -0.4 is 15.0 Å². The first kappa shape index (κ1) is 14.1. The molecule has 0 aromatic carbocycles. The molecule has 0 radical (unpaired) electrons. The number of rotatable bonds is 6. The molecule has 0 saturated carbocycles. The van der Waals surface area contributed by atoms with Gasteiger partial charge in [0, 0.05) is 24.8 Å². The van der Waals surface area contributed by atoms with E-state index in [1.54, 1.807) is 7.11 Å². The van der Waals surface area contributed by atoms with E-state index in [0.717, 1.165) is 37.5 Å². The van der Waals surface area contributed by atoms with E-state index in [1.165, 1.54) is 18.5 Å². The van der Waals surface area contributed by atoms with E-state index in [-0.39, 0.29) is 0 Å². The molecular formula is C15H25N3O. The van der Waals surface area contributed by atoms with Crippen LogP contribution in [0, 0.1) is 6.92 Å². The van der Waals surface area contributed by atoms with Gasteiger partial charge in [0.2, 0.25) is 0 Å². The lowest BCUT2D eigenvalue weighted by atomic mass is 10.2. The number of aromatic nitrogens is 1. The van der Waals surface area contributed by atoms with Gasteiger partial charge in [-0.05, 0) is 38.8 Å². The molecule has 1 fully saturated rings. The van der Waals surface area contributed by atoms with Crippen LogP contribution in [0.1, 0.15) is 31.9 Å². The molecular weight excluding hydrogens is 238 g/mol. The van der Waals surface area contributed by atoms with Crippen LogP contribution in [0.15, 0.2) is 12.3 Å². The first-order valence-corrected chi connectivity index (χ1v) is 7.23. The first-order valence-electron chi connectivity index (χ1n) is 7.23. The molecule has 1 aliphatic rings. The summed E-state index contributed by atoms with van der Waals surface area (Å²) >= 11 is 0. The Morgan fingerprint density at radius 3 is 3.00 bits per heavy atom. The molecule has 1 unspecified atom stereocenters. The molecule has 1 aromatic rings. The normalized spacial score (nSPS) is 18.6. The fourth-order valence-electron chi connectivity index (χ4n) is 2.70. The Bertz CT molecular complexity index is 402. The highest BCUT2D eigenvalue weighted by atomic mass is 16.5. The second-order valence-corrected chi connectivity index (χ2v) is 5.24. The van der Waals surface area contributed by atoms with Gasteiger partial charge >= 0.3 is 0 Å². The number of anilines is 1. The molecule has 2 heterocycles. The summed E-state index contributed by atoms with van der Waals surface area (Å²) < 4.78 is 5.47. The Kier molecular flexibility index (Phi) is 5.02. The topological polar surface area (TPSA) is 37.4 Å². The number of hydrogen-bond acceptors (Lipinski definition) is 4. The Morgan fingerprint density at radius 2 is 2.37 bits per heavy atom. The second-order valence-electron chi connectivity index (χ2n) is 5.24. The average Bonchev–Trinajstić information content (AvgIpc) is 2.91. The lowest BCUT2D eigenvalue weighted by Gasteiger charge is -2.29.